The van der Waals surface area contributed by atoms with E-state index in [0.717, 1.165) is 11.3 Å². The van der Waals surface area contributed by atoms with E-state index in [4.69, 9.17) is 0 Å². The number of hydrogen-bond donors (Lipinski definition) is 0. The monoisotopic (exact) mass is 200 g/mol. The van der Waals surface area contributed by atoms with Crippen molar-refractivity contribution in [3.05, 3.63) is 17.5 Å². The molecular formula is C11H21FN2. The molecule has 0 aliphatic heterocycles. The van der Waals surface area contributed by atoms with Gasteiger partial charge in [0.2, 0.25) is 0 Å². The SMILES string of the molecule is CC.Cc1cnn(CC(C)(C)F)c1C. The molecule has 1 rings (SSSR count). The lowest BCUT2D eigenvalue weighted by Gasteiger charge is -2.15. The van der Waals surface area contributed by atoms with E-state index < -0.39 is 5.67 Å². The van der Waals surface area contributed by atoms with E-state index in [0.29, 0.717) is 6.54 Å². The number of aromatic nitrogens is 2. The molecule has 0 aliphatic carbocycles. The third-order valence-corrected chi connectivity index (χ3v) is 1.87. The van der Waals surface area contributed by atoms with Crippen LogP contribution in [0.1, 0.15) is 39.0 Å². The Morgan fingerprint density at radius 1 is 1.36 bits per heavy atom. The molecule has 0 radical (unpaired) electrons. The zero-order valence-corrected chi connectivity index (χ0v) is 10.1. The van der Waals surface area contributed by atoms with Crippen LogP contribution in [0, 0.1) is 13.8 Å². The molecule has 14 heavy (non-hydrogen) atoms. The Morgan fingerprint density at radius 3 is 2.14 bits per heavy atom. The van der Waals surface area contributed by atoms with Gasteiger partial charge in [-0.2, -0.15) is 5.10 Å². The molecular weight excluding hydrogens is 179 g/mol. The largest absolute Gasteiger partial charge is 0.266 e. The van der Waals surface area contributed by atoms with Gasteiger partial charge in [0.15, 0.2) is 0 Å². The van der Waals surface area contributed by atoms with Crippen LogP contribution in [0.15, 0.2) is 6.20 Å². The minimum Gasteiger partial charge on any atom is -0.266 e. The lowest BCUT2D eigenvalue weighted by Crippen LogP contribution is -2.22. The summed E-state index contributed by atoms with van der Waals surface area (Å²) < 4.78 is 14.9. The number of rotatable bonds is 2. The highest BCUT2D eigenvalue weighted by atomic mass is 19.1. The molecule has 1 aromatic heterocycles. The molecule has 3 heteroatoms. The standard InChI is InChI=1S/C9H15FN2.C2H6/c1-7-5-11-12(8(7)2)6-9(3,4)10;1-2/h5H,6H2,1-4H3;1-2H3. The number of aryl methyl sites for hydroxylation is 1. The van der Waals surface area contributed by atoms with Gasteiger partial charge < -0.3 is 0 Å². The second-order valence-electron chi connectivity index (χ2n) is 3.79. The molecule has 0 saturated carbocycles. The van der Waals surface area contributed by atoms with Crippen molar-refractivity contribution in [1.29, 1.82) is 0 Å². The van der Waals surface area contributed by atoms with Crippen molar-refractivity contribution in [3.8, 4) is 0 Å². The Balaban J connectivity index is 0.000000791. The number of alkyl halides is 1. The van der Waals surface area contributed by atoms with Crippen molar-refractivity contribution in [1.82, 2.24) is 9.78 Å². The molecule has 0 saturated heterocycles. The number of nitrogens with zero attached hydrogens (tertiary/aromatic N) is 2. The molecule has 0 aliphatic rings. The lowest BCUT2D eigenvalue weighted by molar-refractivity contribution is 0.178. The third-order valence-electron chi connectivity index (χ3n) is 1.87. The van der Waals surface area contributed by atoms with Crippen LogP contribution in [0.2, 0.25) is 0 Å². The van der Waals surface area contributed by atoms with Crippen molar-refractivity contribution in [3.63, 3.8) is 0 Å². The highest BCUT2D eigenvalue weighted by Gasteiger charge is 2.17. The van der Waals surface area contributed by atoms with Crippen LogP contribution in [0.4, 0.5) is 4.39 Å². The predicted octanol–water partition coefficient (Wildman–Crippen LogP) is 3.27. The first kappa shape index (κ1) is 13.1. The Morgan fingerprint density at radius 2 is 1.86 bits per heavy atom. The van der Waals surface area contributed by atoms with E-state index in [1.54, 1.807) is 24.7 Å². The van der Waals surface area contributed by atoms with Crippen molar-refractivity contribution in [2.24, 2.45) is 0 Å². The molecule has 0 fully saturated rings. The highest BCUT2D eigenvalue weighted by molar-refractivity contribution is 5.13. The van der Waals surface area contributed by atoms with Crippen molar-refractivity contribution in [2.45, 2.75) is 53.8 Å². The average molecular weight is 200 g/mol. The van der Waals surface area contributed by atoms with Gasteiger partial charge in [-0.1, -0.05) is 13.8 Å². The Hall–Kier alpha value is -0.860. The van der Waals surface area contributed by atoms with Gasteiger partial charge in [-0.25, -0.2) is 4.39 Å². The maximum absolute atomic E-state index is 13.2. The van der Waals surface area contributed by atoms with Crippen molar-refractivity contribution < 1.29 is 4.39 Å². The highest BCUT2D eigenvalue weighted by Crippen LogP contribution is 2.14. The van der Waals surface area contributed by atoms with E-state index in [2.05, 4.69) is 5.10 Å². The predicted molar refractivity (Wildman–Crippen MR) is 58.2 cm³/mol. The molecule has 0 N–H and O–H groups in total. The molecule has 0 aromatic carbocycles. The fourth-order valence-electron chi connectivity index (χ4n) is 1.06. The summed E-state index contributed by atoms with van der Waals surface area (Å²) in [6.45, 7) is 11.4. The fraction of sp³-hybridized carbons (Fsp3) is 0.727. The third kappa shape index (κ3) is 3.90. The van der Waals surface area contributed by atoms with E-state index in [1.165, 1.54) is 0 Å². The second kappa shape index (κ2) is 5.13. The zero-order valence-electron chi connectivity index (χ0n) is 10.1. The van der Waals surface area contributed by atoms with E-state index >= 15 is 0 Å². The van der Waals surface area contributed by atoms with Gasteiger partial charge in [-0.05, 0) is 33.3 Å². The van der Waals surface area contributed by atoms with Crippen LogP contribution in [0.25, 0.3) is 0 Å². The number of halogens is 1. The molecule has 1 heterocycles. The Labute approximate surface area is 86.1 Å². The summed E-state index contributed by atoms with van der Waals surface area (Å²) >= 11 is 0. The van der Waals surface area contributed by atoms with Gasteiger partial charge in [0.05, 0.1) is 12.7 Å². The quantitative estimate of drug-likeness (QED) is 0.716. The lowest BCUT2D eigenvalue weighted by atomic mass is 10.2. The summed E-state index contributed by atoms with van der Waals surface area (Å²) in [5, 5.41) is 4.08. The first-order valence-electron chi connectivity index (χ1n) is 5.08. The smallest absolute Gasteiger partial charge is 0.125 e. The summed E-state index contributed by atoms with van der Waals surface area (Å²) in [4.78, 5) is 0. The summed E-state index contributed by atoms with van der Waals surface area (Å²) in [6, 6.07) is 0. The molecule has 0 atom stereocenters. The second-order valence-corrected chi connectivity index (χ2v) is 3.79. The molecule has 0 bridgehead atoms. The Kier molecular flexibility index (Phi) is 4.81. The van der Waals surface area contributed by atoms with Crippen LogP contribution in [-0.4, -0.2) is 15.4 Å². The molecule has 2 nitrogen and oxygen atoms in total. The summed E-state index contributed by atoms with van der Waals surface area (Å²) in [5.41, 5.74) is 0.962. The maximum Gasteiger partial charge on any atom is 0.125 e. The van der Waals surface area contributed by atoms with Crippen LogP contribution in [0.5, 0.6) is 0 Å². The zero-order chi connectivity index (χ0) is 11.4. The van der Waals surface area contributed by atoms with Crippen molar-refractivity contribution in [2.75, 3.05) is 0 Å². The van der Waals surface area contributed by atoms with Gasteiger partial charge in [0.25, 0.3) is 0 Å². The Bertz CT molecular complexity index is 271. The van der Waals surface area contributed by atoms with Gasteiger partial charge in [0, 0.05) is 5.69 Å². The van der Waals surface area contributed by atoms with Crippen LogP contribution in [0.3, 0.4) is 0 Å². The molecule has 0 amide bonds. The fourth-order valence-corrected chi connectivity index (χ4v) is 1.06. The van der Waals surface area contributed by atoms with E-state index in [-0.39, 0.29) is 0 Å². The molecule has 0 unspecified atom stereocenters. The minimum absolute atomic E-state index is 0.326. The minimum atomic E-state index is -1.19. The van der Waals surface area contributed by atoms with E-state index in [9.17, 15) is 4.39 Å². The summed E-state index contributed by atoms with van der Waals surface area (Å²) in [6.07, 6.45) is 1.76. The maximum atomic E-state index is 13.2. The normalized spacial score (nSPS) is 10.8. The van der Waals surface area contributed by atoms with Crippen molar-refractivity contribution >= 4 is 0 Å². The summed E-state index contributed by atoms with van der Waals surface area (Å²) in [7, 11) is 0. The van der Waals surface area contributed by atoms with Gasteiger partial charge in [0.1, 0.15) is 5.67 Å². The topological polar surface area (TPSA) is 17.8 Å². The average Bonchev–Trinajstić information content (AvgIpc) is 2.38. The first-order chi connectivity index (χ1) is 6.40. The molecule has 1 aromatic rings. The van der Waals surface area contributed by atoms with Crippen LogP contribution in [-0.2, 0) is 6.54 Å². The van der Waals surface area contributed by atoms with Gasteiger partial charge in [-0.15, -0.1) is 0 Å². The van der Waals surface area contributed by atoms with Gasteiger partial charge in [-0.3, -0.25) is 4.68 Å². The summed E-state index contributed by atoms with van der Waals surface area (Å²) in [5.74, 6) is 0. The first-order valence-corrected chi connectivity index (χ1v) is 5.08. The van der Waals surface area contributed by atoms with E-state index in [1.807, 2.05) is 27.7 Å². The molecule has 82 valence electrons. The molecule has 0 spiro atoms. The van der Waals surface area contributed by atoms with Crippen LogP contribution < -0.4 is 0 Å². The number of hydrogen-bond acceptors (Lipinski definition) is 1. The van der Waals surface area contributed by atoms with Crippen LogP contribution >= 0.6 is 0 Å². The van der Waals surface area contributed by atoms with Gasteiger partial charge >= 0.3 is 0 Å².